The Hall–Kier alpha value is -2.40. The van der Waals surface area contributed by atoms with Gasteiger partial charge in [-0.3, -0.25) is 4.79 Å². The number of hydrogen-bond acceptors (Lipinski definition) is 3. The molecule has 0 aromatic heterocycles. The minimum absolute atomic E-state index is 0.307. The van der Waals surface area contributed by atoms with Crippen molar-refractivity contribution < 1.29 is 13.9 Å². The molecule has 0 saturated carbocycles. The van der Waals surface area contributed by atoms with E-state index in [0.29, 0.717) is 5.56 Å². The molecule has 2 aromatic rings. The fraction of sp³-hybridized carbons (Fsp3) is 0.278. The number of morpholine rings is 1. The number of carbonyl (C=O) groups excluding carboxylic acids is 1. The van der Waals surface area contributed by atoms with E-state index < -0.39 is 5.82 Å². The molecule has 2 aromatic carbocycles. The lowest BCUT2D eigenvalue weighted by Gasteiger charge is -2.29. The van der Waals surface area contributed by atoms with Gasteiger partial charge in [0.25, 0.3) is 5.91 Å². The van der Waals surface area contributed by atoms with Gasteiger partial charge in [-0.25, -0.2) is 4.39 Å². The van der Waals surface area contributed by atoms with Gasteiger partial charge in [-0.2, -0.15) is 0 Å². The first-order chi connectivity index (χ1) is 11.1. The van der Waals surface area contributed by atoms with Gasteiger partial charge in [-0.15, -0.1) is 0 Å². The van der Waals surface area contributed by atoms with Gasteiger partial charge in [-0.05, 0) is 48.9 Å². The average Bonchev–Trinajstić information content (AvgIpc) is 2.57. The third kappa shape index (κ3) is 3.68. The molecule has 23 heavy (non-hydrogen) atoms. The average molecular weight is 314 g/mol. The van der Waals surface area contributed by atoms with Crippen molar-refractivity contribution in [2.24, 2.45) is 0 Å². The maximum Gasteiger partial charge on any atom is 0.255 e. The Kier molecular flexibility index (Phi) is 4.57. The molecule has 1 aliphatic rings. The van der Waals surface area contributed by atoms with E-state index in [-0.39, 0.29) is 5.91 Å². The number of benzene rings is 2. The van der Waals surface area contributed by atoms with Crippen LogP contribution in [0.1, 0.15) is 15.9 Å². The van der Waals surface area contributed by atoms with Crippen LogP contribution in [-0.2, 0) is 4.74 Å². The van der Waals surface area contributed by atoms with E-state index in [0.717, 1.165) is 43.2 Å². The first-order valence-corrected chi connectivity index (χ1v) is 7.64. The molecule has 1 fully saturated rings. The highest BCUT2D eigenvalue weighted by molar-refractivity contribution is 6.04. The minimum Gasteiger partial charge on any atom is -0.378 e. The summed E-state index contributed by atoms with van der Waals surface area (Å²) < 4.78 is 18.6. The van der Waals surface area contributed by atoms with E-state index in [1.807, 2.05) is 25.1 Å². The normalized spacial score (nSPS) is 14.6. The number of carbonyl (C=O) groups is 1. The zero-order valence-corrected chi connectivity index (χ0v) is 13.0. The second-order valence-corrected chi connectivity index (χ2v) is 5.56. The first kappa shape index (κ1) is 15.5. The molecule has 0 radical (unpaired) electrons. The van der Waals surface area contributed by atoms with Crippen molar-refractivity contribution in [3.8, 4) is 0 Å². The second-order valence-electron chi connectivity index (χ2n) is 5.56. The summed E-state index contributed by atoms with van der Waals surface area (Å²) in [6, 6.07) is 11.6. The lowest BCUT2D eigenvalue weighted by Crippen LogP contribution is -2.36. The predicted octanol–water partition coefficient (Wildman–Crippen LogP) is 3.22. The number of ether oxygens (including phenoxy) is 1. The van der Waals surface area contributed by atoms with E-state index in [1.54, 1.807) is 6.07 Å². The van der Waals surface area contributed by atoms with Crippen molar-refractivity contribution in [2.45, 2.75) is 6.92 Å². The molecule has 1 N–H and O–H groups in total. The Labute approximate surface area is 134 Å². The summed E-state index contributed by atoms with van der Waals surface area (Å²) in [6.07, 6.45) is 0. The van der Waals surface area contributed by atoms with Gasteiger partial charge in [0.15, 0.2) is 0 Å². The molecule has 0 aliphatic carbocycles. The summed E-state index contributed by atoms with van der Waals surface area (Å²) in [5, 5.41) is 2.84. The van der Waals surface area contributed by atoms with Crippen LogP contribution in [0, 0.1) is 12.7 Å². The largest absolute Gasteiger partial charge is 0.378 e. The van der Waals surface area contributed by atoms with E-state index in [4.69, 9.17) is 4.74 Å². The summed E-state index contributed by atoms with van der Waals surface area (Å²) in [4.78, 5) is 14.5. The molecule has 0 spiro atoms. The molecule has 1 aliphatic heterocycles. The van der Waals surface area contributed by atoms with E-state index >= 15 is 0 Å². The monoisotopic (exact) mass is 314 g/mol. The summed E-state index contributed by atoms with van der Waals surface area (Å²) in [6.45, 7) is 5.15. The zero-order valence-electron chi connectivity index (χ0n) is 13.0. The molecule has 0 unspecified atom stereocenters. The summed E-state index contributed by atoms with van der Waals surface area (Å²) in [7, 11) is 0. The second kappa shape index (κ2) is 6.79. The van der Waals surface area contributed by atoms with Gasteiger partial charge in [0.1, 0.15) is 5.82 Å². The van der Waals surface area contributed by atoms with Crippen molar-refractivity contribution in [2.75, 3.05) is 36.5 Å². The Morgan fingerprint density at radius 3 is 2.65 bits per heavy atom. The summed E-state index contributed by atoms with van der Waals surface area (Å²) in [5.41, 5.74) is 3.13. The standard InChI is InChI=1S/C18H19FN2O2/c1-13-11-16(21-7-9-23-10-8-21)5-6-17(13)20-18(22)14-3-2-4-15(19)12-14/h2-6,11-12H,7-10H2,1H3,(H,20,22). The maximum atomic E-state index is 13.2. The third-order valence-electron chi connectivity index (χ3n) is 3.92. The number of halogens is 1. The molecular weight excluding hydrogens is 295 g/mol. The van der Waals surface area contributed by atoms with Crippen molar-refractivity contribution >= 4 is 17.3 Å². The molecule has 1 heterocycles. The molecule has 0 bridgehead atoms. The van der Waals surface area contributed by atoms with Crippen LogP contribution >= 0.6 is 0 Å². The van der Waals surface area contributed by atoms with Gasteiger partial charge in [0, 0.05) is 30.0 Å². The fourth-order valence-electron chi connectivity index (χ4n) is 2.63. The van der Waals surface area contributed by atoms with E-state index in [2.05, 4.69) is 10.2 Å². The quantitative estimate of drug-likeness (QED) is 0.946. The van der Waals surface area contributed by atoms with Gasteiger partial charge < -0.3 is 15.0 Å². The van der Waals surface area contributed by atoms with Crippen molar-refractivity contribution in [3.63, 3.8) is 0 Å². The molecule has 120 valence electrons. The lowest BCUT2D eigenvalue weighted by molar-refractivity contribution is 0.102. The Morgan fingerprint density at radius 2 is 1.96 bits per heavy atom. The number of nitrogens with one attached hydrogen (secondary N) is 1. The minimum atomic E-state index is -0.419. The fourth-order valence-corrected chi connectivity index (χ4v) is 2.63. The molecule has 5 heteroatoms. The van der Waals surface area contributed by atoms with Crippen molar-refractivity contribution in [3.05, 3.63) is 59.4 Å². The van der Waals surface area contributed by atoms with Crippen LogP contribution < -0.4 is 10.2 Å². The van der Waals surface area contributed by atoms with Crippen LogP contribution in [0.5, 0.6) is 0 Å². The van der Waals surface area contributed by atoms with Crippen LogP contribution in [0.25, 0.3) is 0 Å². The van der Waals surface area contributed by atoms with Gasteiger partial charge in [0.05, 0.1) is 13.2 Å². The van der Waals surface area contributed by atoms with Crippen molar-refractivity contribution in [1.82, 2.24) is 0 Å². The number of rotatable bonds is 3. The number of anilines is 2. The highest BCUT2D eigenvalue weighted by Gasteiger charge is 2.13. The van der Waals surface area contributed by atoms with Crippen LogP contribution in [0.2, 0.25) is 0 Å². The van der Waals surface area contributed by atoms with Crippen LogP contribution in [0.4, 0.5) is 15.8 Å². The highest BCUT2D eigenvalue weighted by atomic mass is 19.1. The number of aryl methyl sites for hydroxylation is 1. The Balaban J connectivity index is 1.74. The first-order valence-electron chi connectivity index (χ1n) is 7.64. The molecule has 3 rings (SSSR count). The lowest BCUT2D eigenvalue weighted by atomic mass is 10.1. The Morgan fingerprint density at radius 1 is 1.17 bits per heavy atom. The Bertz CT molecular complexity index is 712. The smallest absolute Gasteiger partial charge is 0.255 e. The molecule has 4 nitrogen and oxygen atoms in total. The zero-order chi connectivity index (χ0) is 16.2. The summed E-state index contributed by atoms with van der Waals surface area (Å²) >= 11 is 0. The van der Waals surface area contributed by atoms with Gasteiger partial charge in [-0.1, -0.05) is 6.07 Å². The molecule has 0 atom stereocenters. The SMILES string of the molecule is Cc1cc(N2CCOCC2)ccc1NC(=O)c1cccc(F)c1. The topological polar surface area (TPSA) is 41.6 Å². The predicted molar refractivity (Wildman–Crippen MR) is 88.6 cm³/mol. The van der Waals surface area contributed by atoms with Gasteiger partial charge >= 0.3 is 0 Å². The van der Waals surface area contributed by atoms with Crippen molar-refractivity contribution in [1.29, 1.82) is 0 Å². The molecular formula is C18H19FN2O2. The number of nitrogens with zero attached hydrogens (tertiary/aromatic N) is 1. The van der Waals surface area contributed by atoms with Crippen LogP contribution in [0.3, 0.4) is 0 Å². The van der Waals surface area contributed by atoms with Crippen LogP contribution in [0.15, 0.2) is 42.5 Å². The summed E-state index contributed by atoms with van der Waals surface area (Å²) in [5.74, 6) is -0.733. The van der Waals surface area contributed by atoms with Crippen LogP contribution in [-0.4, -0.2) is 32.2 Å². The number of amides is 1. The number of hydrogen-bond donors (Lipinski definition) is 1. The van der Waals surface area contributed by atoms with E-state index in [1.165, 1.54) is 18.2 Å². The van der Waals surface area contributed by atoms with E-state index in [9.17, 15) is 9.18 Å². The van der Waals surface area contributed by atoms with Gasteiger partial charge in [0.2, 0.25) is 0 Å². The molecule has 1 saturated heterocycles. The molecule has 1 amide bonds. The highest BCUT2D eigenvalue weighted by Crippen LogP contribution is 2.24. The maximum absolute atomic E-state index is 13.2. The third-order valence-corrected chi connectivity index (χ3v) is 3.92.